The van der Waals surface area contributed by atoms with E-state index in [1.165, 1.54) is 10.9 Å². The third kappa shape index (κ3) is 3.65. The van der Waals surface area contributed by atoms with Crippen molar-refractivity contribution in [1.82, 2.24) is 4.98 Å². The van der Waals surface area contributed by atoms with Crippen LogP contribution in [0.1, 0.15) is 11.3 Å². The molecule has 23 heavy (non-hydrogen) atoms. The molecule has 0 saturated carbocycles. The number of azide groups is 1. The molecule has 1 N–H and O–H groups in total. The first-order valence-electron chi connectivity index (χ1n) is 7.65. The van der Waals surface area contributed by atoms with Crippen molar-refractivity contribution < 1.29 is 4.74 Å². The van der Waals surface area contributed by atoms with Crippen molar-refractivity contribution in [2.45, 2.75) is 12.8 Å². The summed E-state index contributed by atoms with van der Waals surface area (Å²) in [6.07, 6.45) is 1.52. The van der Waals surface area contributed by atoms with Gasteiger partial charge >= 0.3 is 0 Å². The Kier molecular flexibility index (Phi) is 4.82. The quantitative estimate of drug-likeness (QED) is 0.385. The molecular weight excluding hydrogens is 288 g/mol. The lowest BCUT2D eigenvalue weighted by Gasteiger charge is -2.07. The number of para-hydroxylation sites is 2. The van der Waals surface area contributed by atoms with Gasteiger partial charge in [0.05, 0.1) is 6.61 Å². The number of benzene rings is 2. The van der Waals surface area contributed by atoms with Crippen LogP contribution in [0.3, 0.4) is 0 Å². The van der Waals surface area contributed by atoms with Gasteiger partial charge in [0.1, 0.15) is 5.75 Å². The highest BCUT2D eigenvalue weighted by molar-refractivity contribution is 5.84. The number of nitrogens with zero attached hydrogens (tertiary/aromatic N) is 3. The molecule has 3 rings (SSSR count). The minimum absolute atomic E-state index is 0.454. The fraction of sp³-hybridized carbons (Fsp3) is 0.222. The maximum absolute atomic E-state index is 8.45. The van der Waals surface area contributed by atoms with Crippen LogP contribution >= 0.6 is 0 Å². The van der Waals surface area contributed by atoms with Gasteiger partial charge in [0.15, 0.2) is 0 Å². The van der Waals surface area contributed by atoms with Gasteiger partial charge in [-0.15, -0.1) is 0 Å². The van der Waals surface area contributed by atoms with Gasteiger partial charge in [-0.25, -0.2) is 0 Å². The minimum Gasteiger partial charge on any atom is -0.493 e. The maximum atomic E-state index is 8.45. The van der Waals surface area contributed by atoms with Crippen molar-refractivity contribution in [3.63, 3.8) is 0 Å². The van der Waals surface area contributed by atoms with E-state index in [2.05, 4.69) is 27.1 Å². The molecule has 2 aromatic carbocycles. The summed E-state index contributed by atoms with van der Waals surface area (Å²) >= 11 is 0. The molecule has 0 aliphatic heterocycles. The number of ether oxygens (including phenoxy) is 1. The second-order valence-electron chi connectivity index (χ2n) is 5.24. The summed E-state index contributed by atoms with van der Waals surface area (Å²) in [5.41, 5.74) is 11.9. The Hall–Kier alpha value is -2.91. The molecule has 1 aromatic heterocycles. The van der Waals surface area contributed by atoms with Crippen molar-refractivity contribution in [2.24, 2.45) is 5.11 Å². The van der Waals surface area contributed by atoms with Crippen LogP contribution in [0.15, 0.2) is 59.7 Å². The molecule has 0 fully saturated rings. The Morgan fingerprint density at radius 3 is 2.61 bits per heavy atom. The zero-order chi connectivity index (χ0) is 15.9. The van der Waals surface area contributed by atoms with E-state index >= 15 is 0 Å². The molecule has 5 heteroatoms. The number of hydrogen-bond acceptors (Lipinski definition) is 2. The zero-order valence-corrected chi connectivity index (χ0v) is 12.8. The lowest BCUT2D eigenvalue weighted by atomic mass is 10.1. The molecule has 3 aromatic rings. The third-order valence-corrected chi connectivity index (χ3v) is 3.79. The Bertz CT molecular complexity index is 819. The minimum atomic E-state index is 0.454. The van der Waals surface area contributed by atoms with Crippen molar-refractivity contribution in [2.75, 3.05) is 13.2 Å². The summed E-state index contributed by atoms with van der Waals surface area (Å²) in [6.45, 7) is 1.07. The van der Waals surface area contributed by atoms with E-state index in [0.717, 1.165) is 23.4 Å². The van der Waals surface area contributed by atoms with Crippen LogP contribution in [0, 0.1) is 0 Å². The lowest BCUT2D eigenvalue weighted by Crippen LogP contribution is -2.04. The number of nitrogens with one attached hydrogen (secondary N) is 1. The van der Waals surface area contributed by atoms with Crippen LogP contribution in [0.25, 0.3) is 21.3 Å². The summed E-state index contributed by atoms with van der Waals surface area (Å²) in [5.74, 6) is 0.878. The highest BCUT2D eigenvalue weighted by Gasteiger charge is 2.10. The van der Waals surface area contributed by atoms with Crippen LogP contribution in [0.4, 0.5) is 0 Å². The SMILES string of the molecule is [N-]=[N+]=NCCc1[nH]c2ccccc2c1CCOc1ccccc1. The van der Waals surface area contributed by atoms with Gasteiger partial charge in [-0.05, 0) is 35.7 Å². The number of aromatic nitrogens is 1. The Morgan fingerprint density at radius 1 is 1.00 bits per heavy atom. The van der Waals surface area contributed by atoms with Gasteiger partial charge in [0.25, 0.3) is 0 Å². The highest BCUT2D eigenvalue weighted by Crippen LogP contribution is 2.24. The largest absolute Gasteiger partial charge is 0.493 e. The van der Waals surface area contributed by atoms with E-state index in [9.17, 15) is 0 Å². The number of H-pyrrole nitrogens is 1. The zero-order valence-electron chi connectivity index (χ0n) is 12.8. The van der Waals surface area contributed by atoms with E-state index in [0.29, 0.717) is 19.6 Å². The van der Waals surface area contributed by atoms with Gasteiger partial charge in [-0.1, -0.05) is 41.5 Å². The fourth-order valence-corrected chi connectivity index (χ4v) is 2.75. The molecule has 5 nitrogen and oxygen atoms in total. The Balaban J connectivity index is 1.76. The van der Waals surface area contributed by atoms with E-state index in [1.54, 1.807) is 0 Å². The summed E-state index contributed by atoms with van der Waals surface area (Å²) in [5, 5.41) is 4.84. The first-order valence-corrected chi connectivity index (χ1v) is 7.65. The van der Waals surface area contributed by atoms with E-state index in [1.807, 2.05) is 42.5 Å². The smallest absolute Gasteiger partial charge is 0.119 e. The molecule has 1 heterocycles. The van der Waals surface area contributed by atoms with Crippen molar-refractivity contribution in [1.29, 1.82) is 0 Å². The van der Waals surface area contributed by atoms with Crippen LogP contribution in [0.5, 0.6) is 5.75 Å². The van der Waals surface area contributed by atoms with Crippen LogP contribution in [-0.4, -0.2) is 18.1 Å². The lowest BCUT2D eigenvalue weighted by molar-refractivity contribution is 0.322. The highest BCUT2D eigenvalue weighted by atomic mass is 16.5. The number of aromatic amines is 1. The van der Waals surface area contributed by atoms with Crippen molar-refractivity contribution in [3.05, 3.63) is 76.3 Å². The standard InChI is InChI=1S/C18H18N4O/c19-22-20-12-10-18-16(15-8-4-5-9-17(15)21-18)11-13-23-14-6-2-1-3-7-14/h1-9,21H,10-13H2. The molecule has 0 spiro atoms. The predicted octanol–water partition coefficient (Wildman–Crippen LogP) is 4.64. The Labute approximate surface area is 134 Å². The molecule has 0 aliphatic rings. The molecule has 0 radical (unpaired) electrons. The van der Waals surface area contributed by atoms with Crippen LogP contribution in [-0.2, 0) is 12.8 Å². The van der Waals surface area contributed by atoms with Gasteiger partial charge in [0.2, 0.25) is 0 Å². The van der Waals surface area contributed by atoms with Gasteiger partial charge in [-0.2, -0.15) is 0 Å². The van der Waals surface area contributed by atoms with Crippen LogP contribution < -0.4 is 4.74 Å². The molecule has 0 amide bonds. The fourth-order valence-electron chi connectivity index (χ4n) is 2.75. The molecule has 0 aliphatic carbocycles. The number of hydrogen-bond donors (Lipinski definition) is 1. The molecule has 0 saturated heterocycles. The number of rotatable bonds is 7. The predicted molar refractivity (Wildman–Crippen MR) is 91.7 cm³/mol. The molecule has 0 bridgehead atoms. The van der Waals surface area contributed by atoms with Crippen molar-refractivity contribution in [3.8, 4) is 5.75 Å². The number of fused-ring (bicyclic) bond motifs is 1. The monoisotopic (exact) mass is 306 g/mol. The summed E-state index contributed by atoms with van der Waals surface area (Å²) in [6, 6.07) is 18.0. The third-order valence-electron chi connectivity index (χ3n) is 3.79. The topological polar surface area (TPSA) is 73.8 Å². The maximum Gasteiger partial charge on any atom is 0.119 e. The molecule has 0 unspecified atom stereocenters. The average Bonchev–Trinajstić information content (AvgIpc) is 2.94. The second-order valence-corrected chi connectivity index (χ2v) is 5.24. The molecule has 116 valence electrons. The first kappa shape index (κ1) is 15.0. The molecule has 0 atom stereocenters. The normalized spacial score (nSPS) is 10.4. The average molecular weight is 306 g/mol. The van der Waals surface area contributed by atoms with E-state index < -0.39 is 0 Å². The van der Waals surface area contributed by atoms with Gasteiger partial charge < -0.3 is 9.72 Å². The summed E-state index contributed by atoms with van der Waals surface area (Å²) in [4.78, 5) is 6.26. The van der Waals surface area contributed by atoms with Gasteiger partial charge in [0, 0.05) is 34.5 Å². The van der Waals surface area contributed by atoms with E-state index in [-0.39, 0.29) is 0 Å². The Morgan fingerprint density at radius 2 is 1.78 bits per heavy atom. The second kappa shape index (κ2) is 7.38. The van der Waals surface area contributed by atoms with Crippen LogP contribution in [0.2, 0.25) is 0 Å². The van der Waals surface area contributed by atoms with Gasteiger partial charge in [-0.3, -0.25) is 0 Å². The molecular formula is C18H18N4O. The van der Waals surface area contributed by atoms with E-state index in [4.69, 9.17) is 10.3 Å². The first-order chi connectivity index (χ1) is 11.4. The summed E-state index contributed by atoms with van der Waals surface area (Å²) in [7, 11) is 0. The summed E-state index contributed by atoms with van der Waals surface area (Å²) < 4.78 is 5.81. The van der Waals surface area contributed by atoms with Crippen molar-refractivity contribution >= 4 is 10.9 Å².